The van der Waals surface area contributed by atoms with E-state index in [1.165, 1.54) is 7.11 Å². The molecule has 1 fully saturated rings. The van der Waals surface area contributed by atoms with Gasteiger partial charge in [0, 0.05) is 19.0 Å². The van der Waals surface area contributed by atoms with Crippen LogP contribution in [0.5, 0.6) is 5.75 Å². The second-order valence-electron chi connectivity index (χ2n) is 4.91. The van der Waals surface area contributed by atoms with E-state index in [9.17, 15) is 9.59 Å². The van der Waals surface area contributed by atoms with Crippen LogP contribution < -0.4 is 10.5 Å². The third kappa shape index (κ3) is 3.24. The zero-order chi connectivity index (χ0) is 15.6. The number of primary amides is 1. The van der Waals surface area contributed by atoms with E-state index >= 15 is 0 Å². The summed E-state index contributed by atoms with van der Waals surface area (Å²) in [7, 11) is 1.44. The fourth-order valence-corrected chi connectivity index (χ4v) is 2.92. The second-order valence-corrected chi connectivity index (χ2v) is 5.72. The van der Waals surface area contributed by atoms with Crippen LogP contribution >= 0.6 is 23.2 Å². The summed E-state index contributed by atoms with van der Waals surface area (Å²) in [6.45, 7) is 0.914. The normalized spacial score (nSPS) is 15.9. The smallest absolute Gasteiger partial charge is 0.259 e. The summed E-state index contributed by atoms with van der Waals surface area (Å²) in [6, 6.07) is 3.15. The number of hydrogen-bond acceptors (Lipinski definition) is 3. The van der Waals surface area contributed by atoms with E-state index < -0.39 is 0 Å². The van der Waals surface area contributed by atoms with Crippen LogP contribution in [0.25, 0.3) is 0 Å². The number of amides is 2. The summed E-state index contributed by atoms with van der Waals surface area (Å²) >= 11 is 12.1. The highest BCUT2D eigenvalue weighted by Crippen LogP contribution is 2.35. The molecule has 0 bridgehead atoms. The number of likely N-dealkylation sites (tertiary alicyclic amines) is 1. The topological polar surface area (TPSA) is 72.6 Å². The Bertz CT molecular complexity index is 570. The van der Waals surface area contributed by atoms with Crippen molar-refractivity contribution in [2.75, 3.05) is 20.2 Å². The van der Waals surface area contributed by atoms with Gasteiger partial charge in [-0.25, -0.2) is 0 Å². The molecule has 2 N–H and O–H groups in total. The Labute approximate surface area is 132 Å². The molecule has 0 atom stereocenters. The number of ether oxygens (including phenoxy) is 1. The zero-order valence-electron chi connectivity index (χ0n) is 11.6. The van der Waals surface area contributed by atoms with Gasteiger partial charge in [0.2, 0.25) is 5.91 Å². The molecule has 0 spiro atoms. The lowest BCUT2D eigenvalue weighted by molar-refractivity contribution is -0.123. The molecular formula is C14H16Cl2N2O3. The van der Waals surface area contributed by atoms with Gasteiger partial charge in [-0.15, -0.1) is 0 Å². The molecule has 2 amide bonds. The highest BCUT2D eigenvalue weighted by atomic mass is 35.5. The molecule has 7 heteroatoms. The first-order valence-corrected chi connectivity index (χ1v) is 7.32. The molecule has 5 nitrogen and oxygen atoms in total. The van der Waals surface area contributed by atoms with Gasteiger partial charge in [-0.2, -0.15) is 0 Å². The average molecular weight is 331 g/mol. The number of rotatable bonds is 3. The van der Waals surface area contributed by atoms with Crippen molar-refractivity contribution in [3.8, 4) is 5.75 Å². The maximum Gasteiger partial charge on any atom is 0.259 e. The van der Waals surface area contributed by atoms with Crippen molar-refractivity contribution < 1.29 is 14.3 Å². The number of nitrogens with zero attached hydrogens (tertiary/aromatic N) is 1. The van der Waals surface area contributed by atoms with Crippen molar-refractivity contribution in [3.63, 3.8) is 0 Å². The van der Waals surface area contributed by atoms with E-state index in [1.54, 1.807) is 17.0 Å². The van der Waals surface area contributed by atoms with Crippen molar-refractivity contribution in [2.45, 2.75) is 12.8 Å². The SMILES string of the molecule is COc1c(Cl)ccc(Cl)c1C(=O)N1CCC(C(N)=O)CC1. The van der Waals surface area contributed by atoms with Gasteiger partial charge in [0.15, 0.2) is 5.75 Å². The third-order valence-electron chi connectivity index (χ3n) is 3.66. The first-order valence-electron chi connectivity index (χ1n) is 6.56. The Hall–Kier alpha value is -1.46. The molecule has 1 heterocycles. The summed E-state index contributed by atoms with van der Waals surface area (Å²) in [5.41, 5.74) is 5.54. The number of halogens is 2. The molecule has 0 radical (unpaired) electrons. The van der Waals surface area contributed by atoms with Crippen LogP contribution in [-0.2, 0) is 4.79 Å². The van der Waals surface area contributed by atoms with Crippen LogP contribution in [0.4, 0.5) is 0 Å². The van der Waals surface area contributed by atoms with Crippen molar-refractivity contribution >= 4 is 35.0 Å². The minimum Gasteiger partial charge on any atom is -0.494 e. The van der Waals surface area contributed by atoms with Gasteiger partial charge in [-0.05, 0) is 25.0 Å². The minimum absolute atomic E-state index is 0.175. The van der Waals surface area contributed by atoms with E-state index in [2.05, 4.69) is 0 Å². The molecule has 1 aliphatic rings. The number of hydrogen-bond donors (Lipinski definition) is 1. The predicted octanol–water partition coefficient (Wildman–Crippen LogP) is 2.34. The molecule has 21 heavy (non-hydrogen) atoms. The summed E-state index contributed by atoms with van der Waals surface area (Å²) in [4.78, 5) is 25.4. The van der Waals surface area contributed by atoms with Crippen LogP contribution in [0, 0.1) is 5.92 Å². The van der Waals surface area contributed by atoms with Gasteiger partial charge >= 0.3 is 0 Å². The molecule has 1 aromatic carbocycles. The van der Waals surface area contributed by atoms with E-state index in [0.29, 0.717) is 36.0 Å². The van der Waals surface area contributed by atoms with E-state index in [1.807, 2.05) is 0 Å². The standard InChI is InChI=1S/C14H16Cl2N2O3/c1-21-12-10(16)3-2-9(15)11(12)14(20)18-6-4-8(5-7-18)13(17)19/h2-3,8H,4-7H2,1H3,(H2,17,19). The fourth-order valence-electron chi connectivity index (χ4n) is 2.46. The van der Waals surface area contributed by atoms with E-state index in [4.69, 9.17) is 33.7 Å². The largest absolute Gasteiger partial charge is 0.494 e. The fraction of sp³-hybridized carbons (Fsp3) is 0.429. The lowest BCUT2D eigenvalue weighted by Gasteiger charge is -2.31. The highest BCUT2D eigenvalue weighted by molar-refractivity contribution is 6.37. The number of methoxy groups -OCH3 is 1. The quantitative estimate of drug-likeness (QED) is 0.924. The lowest BCUT2D eigenvalue weighted by atomic mass is 9.96. The molecule has 0 aromatic heterocycles. The van der Waals surface area contributed by atoms with Crippen LogP contribution in [0.2, 0.25) is 10.0 Å². The Morgan fingerprint density at radius 3 is 2.33 bits per heavy atom. The van der Waals surface area contributed by atoms with Gasteiger partial charge in [-0.1, -0.05) is 23.2 Å². The molecule has 0 aliphatic carbocycles. The Kier molecular flexibility index (Phi) is 4.96. The molecule has 0 unspecified atom stereocenters. The average Bonchev–Trinajstić information content (AvgIpc) is 2.48. The maximum absolute atomic E-state index is 12.6. The lowest BCUT2D eigenvalue weighted by Crippen LogP contribution is -2.41. The van der Waals surface area contributed by atoms with Crippen molar-refractivity contribution in [2.24, 2.45) is 11.7 Å². The first kappa shape index (κ1) is 15.9. The zero-order valence-corrected chi connectivity index (χ0v) is 13.1. The summed E-state index contributed by atoms with van der Waals surface area (Å²) in [5, 5.41) is 0.621. The molecule has 0 saturated carbocycles. The predicted molar refractivity (Wildman–Crippen MR) is 80.8 cm³/mol. The van der Waals surface area contributed by atoms with Crippen LogP contribution in [0.1, 0.15) is 23.2 Å². The number of carbonyl (C=O) groups excluding carboxylic acids is 2. The maximum atomic E-state index is 12.6. The van der Waals surface area contributed by atoms with Crippen LogP contribution in [0.3, 0.4) is 0 Å². The molecule has 1 aromatic rings. The molecule has 2 rings (SSSR count). The van der Waals surface area contributed by atoms with E-state index in [0.717, 1.165) is 0 Å². The molecule has 114 valence electrons. The van der Waals surface area contributed by atoms with Gasteiger partial charge in [0.25, 0.3) is 5.91 Å². The Morgan fingerprint density at radius 2 is 1.81 bits per heavy atom. The van der Waals surface area contributed by atoms with Crippen molar-refractivity contribution in [1.29, 1.82) is 0 Å². The molecule has 1 aliphatic heterocycles. The molecule has 1 saturated heterocycles. The second kappa shape index (κ2) is 6.54. The number of nitrogens with two attached hydrogens (primary N) is 1. The van der Waals surface area contributed by atoms with Crippen LogP contribution in [-0.4, -0.2) is 36.9 Å². The summed E-state index contributed by atoms with van der Waals surface area (Å²) in [6.07, 6.45) is 1.11. The summed E-state index contributed by atoms with van der Waals surface area (Å²) in [5.74, 6) is -0.472. The molecular weight excluding hydrogens is 315 g/mol. The number of benzene rings is 1. The van der Waals surface area contributed by atoms with Gasteiger partial charge in [0.05, 0.1) is 17.2 Å². The highest BCUT2D eigenvalue weighted by Gasteiger charge is 2.29. The third-order valence-corrected chi connectivity index (χ3v) is 4.27. The minimum atomic E-state index is -0.319. The van der Waals surface area contributed by atoms with Crippen molar-refractivity contribution in [1.82, 2.24) is 4.90 Å². The van der Waals surface area contributed by atoms with Gasteiger partial charge < -0.3 is 15.4 Å². The number of carbonyl (C=O) groups is 2. The van der Waals surface area contributed by atoms with E-state index in [-0.39, 0.29) is 29.0 Å². The first-order chi connectivity index (χ1) is 9.95. The number of piperidine rings is 1. The Morgan fingerprint density at radius 1 is 1.24 bits per heavy atom. The monoisotopic (exact) mass is 330 g/mol. The van der Waals surface area contributed by atoms with Crippen LogP contribution in [0.15, 0.2) is 12.1 Å². The Balaban J connectivity index is 2.22. The van der Waals surface area contributed by atoms with Gasteiger partial charge in [-0.3, -0.25) is 9.59 Å². The summed E-state index contributed by atoms with van der Waals surface area (Å²) < 4.78 is 5.19. The van der Waals surface area contributed by atoms with Crippen molar-refractivity contribution in [3.05, 3.63) is 27.7 Å². The van der Waals surface area contributed by atoms with Gasteiger partial charge in [0.1, 0.15) is 5.56 Å².